The molecule has 0 bridgehead atoms. The molecule has 1 aromatic carbocycles. The van der Waals surface area contributed by atoms with Crippen LogP contribution in [-0.2, 0) is 6.54 Å². The molecule has 1 unspecified atom stereocenters. The number of hydrogen-bond donors (Lipinski definition) is 1. The zero-order chi connectivity index (χ0) is 20.4. The predicted molar refractivity (Wildman–Crippen MR) is 108 cm³/mol. The lowest BCUT2D eigenvalue weighted by Crippen LogP contribution is -2.48. The molecule has 0 radical (unpaired) electrons. The molecule has 1 aliphatic heterocycles. The summed E-state index contributed by atoms with van der Waals surface area (Å²) in [4.78, 5) is 23.1. The van der Waals surface area contributed by atoms with Crippen LogP contribution in [0, 0.1) is 5.82 Å². The van der Waals surface area contributed by atoms with Crippen molar-refractivity contribution in [2.45, 2.75) is 12.6 Å². The molecule has 29 heavy (non-hydrogen) atoms. The maximum absolute atomic E-state index is 13.0. The SMILES string of the molecule is CN1C(=S)C(NC(=O)c2ncn(Cc3ccc(F)cc3)n2)COc2cccnc21. The molecule has 0 saturated carbocycles. The minimum Gasteiger partial charge on any atom is -0.487 e. The fraction of sp³-hybridized carbons (Fsp3) is 0.211. The number of anilines is 1. The summed E-state index contributed by atoms with van der Waals surface area (Å²) in [5.41, 5.74) is 0.841. The summed E-state index contributed by atoms with van der Waals surface area (Å²) in [6.07, 6.45) is 3.10. The van der Waals surface area contributed by atoms with E-state index in [1.807, 2.05) is 0 Å². The summed E-state index contributed by atoms with van der Waals surface area (Å²) >= 11 is 5.50. The van der Waals surface area contributed by atoms with Gasteiger partial charge in [-0.1, -0.05) is 24.4 Å². The number of rotatable bonds is 4. The molecule has 1 amide bonds. The predicted octanol–water partition coefficient (Wildman–Crippen LogP) is 1.82. The van der Waals surface area contributed by atoms with E-state index in [1.54, 1.807) is 42.4 Å². The van der Waals surface area contributed by atoms with E-state index in [9.17, 15) is 9.18 Å². The second kappa shape index (κ2) is 7.92. The molecule has 3 aromatic rings. The first-order chi connectivity index (χ1) is 14.0. The number of fused-ring (bicyclic) bond motifs is 1. The standard InChI is InChI=1S/C19H17FN6O2S/c1-25-17-15(3-2-8-21-17)28-10-14(19(25)29)23-18(27)16-22-11-26(24-16)9-12-4-6-13(20)7-5-12/h2-8,11,14H,9-10H2,1H3,(H,23,27). The van der Waals surface area contributed by atoms with Crippen LogP contribution >= 0.6 is 12.2 Å². The largest absolute Gasteiger partial charge is 0.487 e. The highest BCUT2D eigenvalue weighted by atomic mass is 32.1. The van der Waals surface area contributed by atoms with Gasteiger partial charge >= 0.3 is 0 Å². The Balaban J connectivity index is 1.44. The Bertz CT molecular complexity index is 1050. The van der Waals surface area contributed by atoms with Crippen molar-refractivity contribution in [1.82, 2.24) is 25.1 Å². The molecule has 148 valence electrons. The number of carbonyl (C=O) groups is 1. The summed E-state index contributed by atoms with van der Waals surface area (Å²) in [7, 11) is 1.78. The van der Waals surface area contributed by atoms with Crippen molar-refractivity contribution in [1.29, 1.82) is 0 Å². The average molecular weight is 412 g/mol. The van der Waals surface area contributed by atoms with Gasteiger partial charge in [-0.25, -0.2) is 19.0 Å². The molecule has 0 aliphatic carbocycles. The Kier molecular flexibility index (Phi) is 5.17. The number of thiocarbonyl (C=S) groups is 1. The molecule has 1 atom stereocenters. The van der Waals surface area contributed by atoms with Gasteiger partial charge in [-0.3, -0.25) is 4.79 Å². The van der Waals surface area contributed by atoms with Crippen LogP contribution < -0.4 is 15.0 Å². The van der Waals surface area contributed by atoms with Gasteiger partial charge in [0.1, 0.15) is 29.8 Å². The van der Waals surface area contributed by atoms with Crippen LogP contribution in [0.4, 0.5) is 10.2 Å². The van der Waals surface area contributed by atoms with Gasteiger partial charge in [0.25, 0.3) is 5.91 Å². The minimum absolute atomic E-state index is 0.0115. The fourth-order valence-corrected chi connectivity index (χ4v) is 3.12. The molecule has 3 heterocycles. The van der Waals surface area contributed by atoms with Crippen LogP contribution in [0.3, 0.4) is 0 Å². The van der Waals surface area contributed by atoms with E-state index < -0.39 is 11.9 Å². The van der Waals surface area contributed by atoms with Crippen LogP contribution in [0.5, 0.6) is 5.75 Å². The van der Waals surface area contributed by atoms with Crippen molar-refractivity contribution >= 4 is 28.9 Å². The number of nitrogens with one attached hydrogen (secondary N) is 1. The first-order valence-electron chi connectivity index (χ1n) is 8.81. The molecular formula is C19H17FN6O2S. The Morgan fingerprint density at radius 3 is 2.90 bits per heavy atom. The van der Waals surface area contributed by atoms with Crippen LogP contribution in [0.2, 0.25) is 0 Å². The Morgan fingerprint density at radius 2 is 2.10 bits per heavy atom. The van der Waals surface area contributed by atoms with Crippen LogP contribution in [0.25, 0.3) is 0 Å². The highest BCUT2D eigenvalue weighted by Crippen LogP contribution is 2.27. The number of carbonyl (C=O) groups excluding carboxylic acids is 1. The first-order valence-corrected chi connectivity index (χ1v) is 9.22. The van der Waals surface area contributed by atoms with E-state index in [-0.39, 0.29) is 18.2 Å². The highest BCUT2D eigenvalue weighted by Gasteiger charge is 2.29. The number of ether oxygens (including phenoxy) is 1. The number of amides is 1. The lowest BCUT2D eigenvalue weighted by molar-refractivity contribution is 0.0927. The molecule has 0 spiro atoms. The summed E-state index contributed by atoms with van der Waals surface area (Å²) in [5, 5.41) is 7.00. The van der Waals surface area contributed by atoms with Crippen molar-refractivity contribution in [3.8, 4) is 5.75 Å². The molecule has 1 N–H and O–H groups in total. The smallest absolute Gasteiger partial charge is 0.291 e. The number of hydrogen-bond acceptors (Lipinski definition) is 6. The van der Waals surface area contributed by atoms with Crippen LogP contribution in [0.15, 0.2) is 48.9 Å². The molecule has 4 rings (SSSR count). The molecule has 1 aliphatic rings. The Labute approximate surface area is 171 Å². The van der Waals surface area contributed by atoms with Crippen molar-refractivity contribution in [2.24, 2.45) is 0 Å². The normalized spacial score (nSPS) is 16.0. The number of likely N-dealkylation sites (N-methyl/N-ethyl adjacent to an activating group) is 1. The van der Waals surface area contributed by atoms with Crippen molar-refractivity contribution < 1.29 is 13.9 Å². The average Bonchev–Trinajstić information content (AvgIpc) is 3.16. The second-order valence-corrected chi connectivity index (χ2v) is 6.87. The van der Waals surface area contributed by atoms with Crippen LogP contribution in [-0.4, -0.2) is 50.3 Å². The number of aromatic nitrogens is 4. The topological polar surface area (TPSA) is 85.2 Å². The highest BCUT2D eigenvalue weighted by molar-refractivity contribution is 7.80. The third-order valence-electron chi connectivity index (χ3n) is 4.41. The van der Waals surface area contributed by atoms with E-state index in [0.29, 0.717) is 23.1 Å². The van der Waals surface area contributed by atoms with Crippen molar-refractivity contribution in [2.75, 3.05) is 18.6 Å². The van der Waals surface area contributed by atoms with E-state index in [2.05, 4.69) is 20.4 Å². The molecule has 0 saturated heterocycles. The minimum atomic E-state index is -0.541. The molecular weight excluding hydrogens is 395 g/mol. The van der Waals surface area contributed by atoms with Gasteiger partial charge in [0.05, 0.1) is 6.54 Å². The summed E-state index contributed by atoms with van der Waals surface area (Å²) in [6.45, 7) is 0.541. The number of pyridine rings is 1. The maximum atomic E-state index is 13.0. The maximum Gasteiger partial charge on any atom is 0.291 e. The summed E-state index contributed by atoms with van der Waals surface area (Å²) in [6, 6.07) is 9.07. The lowest BCUT2D eigenvalue weighted by atomic mass is 10.2. The van der Waals surface area contributed by atoms with Gasteiger partial charge in [-0.15, -0.1) is 5.10 Å². The van der Waals surface area contributed by atoms with Crippen LogP contribution in [0.1, 0.15) is 16.2 Å². The fourth-order valence-electron chi connectivity index (χ4n) is 2.91. The van der Waals surface area contributed by atoms with Crippen molar-refractivity contribution in [3.05, 3.63) is 66.1 Å². The zero-order valence-electron chi connectivity index (χ0n) is 15.4. The number of nitrogens with zero attached hydrogens (tertiary/aromatic N) is 5. The first kappa shape index (κ1) is 18.9. The van der Waals surface area contributed by atoms with E-state index in [0.717, 1.165) is 5.56 Å². The molecule has 8 nitrogen and oxygen atoms in total. The monoisotopic (exact) mass is 412 g/mol. The lowest BCUT2D eigenvalue weighted by Gasteiger charge is -2.22. The zero-order valence-corrected chi connectivity index (χ0v) is 16.3. The molecule has 10 heteroatoms. The second-order valence-electron chi connectivity index (χ2n) is 6.45. The summed E-state index contributed by atoms with van der Waals surface area (Å²) < 4.78 is 20.3. The third-order valence-corrected chi connectivity index (χ3v) is 4.96. The Hall–Kier alpha value is -3.40. The van der Waals surface area contributed by atoms with Gasteiger partial charge in [-0.2, -0.15) is 0 Å². The van der Waals surface area contributed by atoms with Gasteiger partial charge in [-0.05, 0) is 29.8 Å². The van der Waals surface area contributed by atoms with E-state index in [1.165, 1.54) is 23.1 Å². The number of halogens is 1. The van der Waals surface area contributed by atoms with E-state index in [4.69, 9.17) is 17.0 Å². The summed E-state index contributed by atoms with van der Waals surface area (Å²) in [5.74, 6) is 0.423. The van der Waals surface area contributed by atoms with Gasteiger partial charge < -0.3 is 15.0 Å². The quantitative estimate of drug-likeness (QED) is 0.654. The third kappa shape index (κ3) is 4.06. The number of benzene rings is 1. The van der Waals surface area contributed by atoms with Gasteiger partial charge in [0, 0.05) is 13.2 Å². The van der Waals surface area contributed by atoms with Crippen molar-refractivity contribution in [3.63, 3.8) is 0 Å². The Morgan fingerprint density at radius 1 is 1.31 bits per heavy atom. The van der Waals surface area contributed by atoms with E-state index >= 15 is 0 Å². The van der Waals surface area contributed by atoms with Gasteiger partial charge in [0.2, 0.25) is 5.82 Å². The molecule has 0 fully saturated rings. The molecule has 2 aromatic heterocycles. The van der Waals surface area contributed by atoms with Gasteiger partial charge in [0.15, 0.2) is 11.6 Å².